The van der Waals surface area contributed by atoms with Crippen molar-refractivity contribution in [2.75, 3.05) is 0 Å². The fourth-order valence-electron chi connectivity index (χ4n) is 3.21. The molecule has 0 amide bonds. The standard InChI is InChI=1S/C12H22.Li.H/c1-3-7-11(8-4-1)12-9-5-2-6-10-12;;/h11-12H,1-10H2;;/q;+1;-1. The minimum atomic E-state index is 0. The molecule has 2 aliphatic rings. The van der Waals surface area contributed by atoms with Gasteiger partial charge < -0.3 is 1.43 Å². The smallest absolute Gasteiger partial charge is 1.00 e. The van der Waals surface area contributed by atoms with Crippen LogP contribution in [0.3, 0.4) is 0 Å². The van der Waals surface area contributed by atoms with Gasteiger partial charge in [-0.15, -0.1) is 0 Å². The van der Waals surface area contributed by atoms with E-state index in [4.69, 9.17) is 0 Å². The molecule has 0 unspecified atom stereocenters. The number of hydrogen-bond donors (Lipinski definition) is 0. The average molecular weight is 174 g/mol. The van der Waals surface area contributed by atoms with Crippen molar-refractivity contribution in [1.29, 1.82) is 0 Å². The van der Waals surface area contributed by atoms with Gasteiger partial charge in [0, 0.05) is 0 Å². The molecule has 2 rings (SSSR count). The van der Waals surface area contributed by atoms with Crippen LogP contribution in [0.1, 0.15) is 65.6 Å². The molecule has 0 aromatic carbocycles. The zero-order valence-electron chi connectivity index (χ0n) is 10.2. The van der Waals surface area contributed by atoms with E-state index in [1.807, 2.05) is 0 Å². The summed E-state index contributed by atoms with van der Waals surface area (Å²) in [7, 11) is 0. The second-order valence-electron chi connectivity index (χ2n) is 4.80. The predicted molar refractivity (Wildman–Crippen MR) is 54.3 cm³/mol. The number of rotatable bonds is 1. The van der Waals surface area contributed by atoms with E-state index in [2.05, 4.69) is 0 Å². The monoisotopic (exact) mass is 174 g/mol. The van der Waals surface area contributed by atoms with Crippen molar-refractivity contribution in [3.05, 3.63) is 0 Å². The third kappa shape index (κ3) is 3.33. The van der Waals surface area contributed by atoms with E-state index in [1.54, 1.807) is 25.7 Å². The van der Waals surface area contributed by atoms with E-state index in [9.17, 15) is 0 Å². The second kappa shape index (κ2) is 6.15. The van der Waals surface area contributed by atoms with Crippen LogP contribution in [0.15, 0.2) is 0 Å². The molecule has 0 N–H and O–H groups in total. The van der Waals surface area contributed by atoms with Gasteiger partial charge in [0.15, 0.2) is 0 Å². The summed E-state index contributed by atoms with van der Waals surface area (Å²) in [5.41, 5.74) is 0. The van der Waals surface area contributed by atoms with Gasteiger partial charge in [-0.3, -0.25) is 0 Å². The summed E-state index contributed by atoms with van der Waals surface area (Å²) < 4.78 is 0. The summed E-state index contributed by atoms with van der Waals surface area (Å²) in [5.74, 6) is 2.28. The number of hydrogen-bond acceptors (Lipinski definition) is 0. The minimum absolute atomic E-state index is 0. The molecule has 2 fully saturated rings. The third-order valence-corrected chi connectivity index (χ3v) is 3.97. The minimum Gasteiger partial charge on any atom is -1.00 e. The van der Waals surface area contributed by atoms with Gasteiger partial charge in [0.2, 0.25) is 0 Å². The topological polar surface area (TPSA) is 0 Å². The van der Waals surface area contributed by atoms with Gasteiger partial charge in [0.05, 0.1) is 0 Å². The fourth-order valence-corrected chi connectivity index (χ4v) is 3.21. The Balaban J connectivity index is 0.000000845. The molecule has 0 heterocycles. The normalized spacial score (nSPS) is 26.8. The van der Waals surface area contributed by atoms with E-state index in [0.29, 0.717) is 0 Å². The van der Waals surface area contributed by atoms with E-state index < -0.39 is 0 Å². The van der Waals surface area contributed by atoms with Crippen LogP contribution >= 0.6 is 0 Å². The molecule has 2 saturated carbocycles. The first kappa shape index (κ1) is 11.7. The van der Waals surface area contributed by atoms with Crippen molar-refractivity contribution in [2.45, 2.75) is 64.2 Å². The fraction of sp³-hybridized carbons (Fsp3) is 1.00. The van der Waals surface area contributed by atoms with Crippen LogP contribution in [0.2, 0.25) is 0 Å². The largest absolute Gasteiger partial charge is 1.00 e. The third-order valence-electron chi connectivity index (χ3n) is 3.97. The molecule has 0 spiro atoms. The average Bonchev–Trinajstić information content (AvgIpc) is 2.21. The van der Waals surface area contributed by atoms with Crippen LogP contribution < -0.4 is 18.9 Å². The van der Waals surface area contributed by atoms with E-state index in [1.165, 1.54) is 38.5 Å². The van der Waals surface area contributed by atoms with Crippen LogP contribution in [0, 0.1) is 11.8 Å². The Kier molecular flexibility index (Phi) is 5.52. The maximum absolute atomic E-state index is 1.56. The van der Waals surface area contributed by atoms with Gasteiger partial charge in [-0.05, 0) is 11.8 Å². The Morgan fingerprint density at radius 2 is 0.846 bits per heavy atom. The van der Waals surface area contributed by atoms with Gasteiger partial charge in [-0.1, -0.05) is 64.2 Å². The first-order chi connectivity index (χ1) is 5.97. The molecule has 72 valence electrons. The van der Waals surface area contributed by atoms with Crippen LogP contribution in [-0.4, -0.2) is 0 Å². The van der Waals surface area contributed by atoms with Crippen molar-refractivity contribution >= 4 is 0 Å². The maximum Gasteiger partial charge on any atom is 1.00 e. The van der Waals surface area contributed by atoms with E-state index in [-0.39, 0.29) is 20.3 Å². The van der Waals surface area contributed by atoms with Crippen molar-refractivity contribution < 1.29 is 20.3 Å². The van der Waals surface area contributed by atoms with Crippen molar-refractivity contribution in [3.63, 3.8) is 0 Å². The van der Waals surface area contributed by atoms with Gasteiger partial charge in [-0.2, -0.15) is 0 Å². The van der Waals surface area contributed by atoms with Gasteiger partial charge in [-0.25, -0.2) is 0 Å². The zero-order chi connectivity index (χ0) is 8.23. The molecule has 0 aromatic heterocycles. The summed E-state index contributed by atoms with van der Waals surface area (Å²) in [5, 5.41) is 0. The molecule has 1 heteroatoms. The molecule has 0 atom stereocenters. The second-order valence-corrected chi connectivity index (χ2v) is 4.80. The Morgan fingerprint density at radius 3 is 1.15 bits per heavy atom. The van der Waals surface area contributed by atoms with Gasteiger partial charge >= 0.3 is 18.9 Å². The molecular formula is C12H23Li. The van der Waals surface area contributed by atoms with Crippen molar-refractivity contribution in [3.8, 4) is 0 Å². The first-order valence-corrected chi connectivity index (χ1v) is 5.97. The molecule has 0 saturated heterocycles. The van der Waals surface area contributed by atoms with Crippen molar-refractivity contribution in [1.82, 2.24) is 0 Å². The van der Waals surface area contributed by atoms with E-state index in [0.717, 1.165) is 11.8 Å². The van der Waals surface area contributed by atoms with Gasteiger partial charge in [0.25, 0.3) is 0 Å². The van der Waals surface area contributed by atoms with Crippen LogP contribution in [0.5, 0.6) is 0 Å². The Bertz CT molecular complexity index is 110. The summed E-state index contributed by atoms with van der Waals surface area (Å²) in [6.45, 7) is 0. The molecule has 13 heavy (non-hydrogen) atoms. The Morgan fingerprint density at radius 1 is 0.538 bits per heavy atom. The summed E-state index contributed by atoms with van der Waals surface area (Å²) in [4.78, 5) is 0. The zero-order valence-corrected chi connectivity index (χ0v) is 9.23. The summed E-state index contributed by atoms with van der Waals surface area (Å²) in [6.07, 6.45) is 15.4. The molecule has 0 bridgehead atoms. The molecular weight excluding hydrogens is 151 g/mol. The molecule has 0 nitrogen and oxygen atoms in total. The Hall–Kier alpha value is 0.597. The molecule has 2 aliphatic carbocycles. The van der Waals surface area contributed by atoms with Crippen molar-refractivity contribution in [2.24, 2.45) is 11.8 Å². The SMILES string of the molecule is C1CCC(C2CCCCC2)CC1.[H-].[Li+]. The quantitative estimate of drug-likeness (QED) is 0.525. The van der Waals surface area contributed by atoms with Gasteiger partial charge in [0.1, 0.15) is 0 Å². The molecule has 0 aliphatic heterocycles. The maximum atomic E-state index is 1.56. The first-order valence-electron chi connectivity index (χ1n) is 5.97. The van der Waals surface area contributed by atoms with Crippen LogP contribution in [0.4, 0.5) is 0 Å². The summed E-state index contributed by atoms with van der Waals surface area (Å²) in [6, 6.07) is 0. The van der Waals surface area contributed by atoms with Crippen LogP contribution in [0.25, 0.3) is 0 Å². The summed E-state index contributed by atoms with van der Waals surface area (Å²) >= 11 is 0. The van der Waals surface area contributed by atoms with E-state index >= 15 is 0 Å². The molecule has 0 radical (unpaired) electrons. The predicted octanol–water partition coefficient (Wildman–Crippen LogP) is 1.26. The molecule has 0 aromatic rings. The van der Waals surface area contributed by atoms with Crippen LogP contribution in [-0.2, 0) is 0 Å². The Labute approximate surface area is 96.5 Å².